The third-order valence-corrected chi connectivity index (χ3v) is 4.14. The first-order valence-electron chi connectivity index (χ1n) is 4.68. The van der Waals surface area contributed by atoms with E-state index in [9.17, 15) is 13.2 Å². The highest BCUT2D eigenvalue weighted by atomic mass is 32.2. The first-order chi connectivity index (χ1) is 7.39. The fourth-order valence-corrected chi connectivity index (χ4v) is 1.97. The number of esters is 1. The predicted molar refractivity (Wildman–Crippen MR) is 57.9 cm³/mol. The molecule has 0 bridgehead atoms. The van der Waals surface area contributed by atoms with Gasteiger partial charge in [-0.15, -0.1) is 0 Å². The van der Waals surface area contributed by atoms with Crippen LogP contribution in [-0.4, -0.2) is 31.7 Å². The summed E-state index contributed by atoms with van der Waals surface area (Å²) in [6.45, 7) is 3.15. The molecule has 1 rings (SSSR count). The second-order valence-corrected chi connectivity index (χ2v) is 5.92. The lowest BCUT2D eigenvalue weighted by Gasteiger charge is -2.06. The van der Waals surface area contributed by atoms with Crippen molar-refractivity contribution in [1.29, 1.82) is 0 Å². The highest BCUT2D eigenvalue weighted by molar-refractivity contribution is 7.91. The Labute approximate surface area is 94.4 Å². The third kappa shape index (κ3) is 2.38. The summed E-state index contributed by atoms with van der Waals surface area (Å²) in [6.07, 6.45) is 1.20. The number of hydrogen-bond donors (Lipinski definition) is 0. The van der Waals surface area contributed by atoms with E-state index in [1.807, 2.05) is 0 Å². The number of aromatic nitrogens is 1. The molecule has 0 saturated heterocycles. The fourth-order valence-electron chi connectivity index (χ4n) is 1.03. The van der Waals surface area contributed by atoms with E-state index >= 15 is 0 Å². The van der Waals surface area contributed by atoms with Gasteiger partial charge in [0.1, 0.15) is 0 Å². The van der Waals surface area contributed by atoms with E-state index in [-0.39, 0.29) is 10.6 Å². The van der Waals surface area contributed by atoms with Gasteiger partial charge in [-0.3, -0.25) is 0 Å². The van der Waals surface area contributed by atoms with Crippen molar-refractivity contribution in [1.82, 2.24) is 4.98 Å². The summed E-state index contributed by atoms with van der Waals surface area (Å²) in [7, 11) is -2.14. The van der Waals surface area contributed by atoms with Crippen LogP contribution >= 0.6 is 0 Å². The van der Waals surface area contributed by atoms with Gasteiger partial charge in [0.15, 0.2) is 14.9 Å². The quantitative estimate of drug-likeness (QED) is 0.742. The number of methoxy groups -OCH3 is 1. The van der Waals surface area contributed by atoms with Crippen molar-refractivity contribution < 1.29 is 17.9 Å². The first kappa shape index (κ1) is 12.6. The second kappa shape index (κ2) is 4.61. The molecule has 0 aliphatic carbocycles. The molecule has 0 unspecified atom stereocenters. The van der Waals surface area contributed by atoms with Crippen LogP contribution in [0.25, 0.3) is 0 Å². The summed E-state index contributed by atoms with van der Waals surface area (Å²) < 4.78 is 27.9. The minimum atomic E-state index is -3.39. The Morgan fingerprint density at radius 2 is 2.00 bits per heavy atom. The van der Waals surface area contributed by atoms with E-state index in [2.05, 4.69) is 9.72 Å². The van der Waals surface area contributed by atoms with Crippen LogP contribution in [0.15, 0.2) is 23.4 Å². The molecule has 0 aliphatic heterocycles. The molecule has 0 saturated carbocycles. The predicted octanol–water partition coefficient (Wildman–Crippen LogP) is 1.05. The zero-order valence-electron chi connectivity index (χ0n) is 9.30. The molecule has 0 fully saturated rings. The molecule has 0 spiro atoms. The topological polar surface area (TPSA) is 73.3 Å². The van der Waals surface area contributed by atoms with Crippen LogP contribution in [-0.2, 0) is 14.6 Å². The molecule has 0 atom stereocenters. The highest BCUT2D eigenvalue weighted by Crippen LogP contribution is 2.13. The Kier molecular flexibility index (Phi) is 3.64. The normalized spacial score (nSPS) is 11.5. The maximum absolute atomic E-state index is 11.7. The molecule has 1 aromatic rings. The van der Waals surface area contributed by atoms with E-state index < -0.39 is 21.1 Å². The lowest BCUT2D eigenvalue weighted by atomic mass is 10.3. The standard InChI is InChI=1S/C10H13NO4S/c1-7(2)16(13,14)9-5-4-8(6-11-9)10(12)15-3/h4-7H,1-3H3. The Bertz CT molecular complexity index is 476. The zero-order valence-corrected chi connectivity index (χ0v) is 10.1. The van der Waals surface area contributed by atoms with Gasteiger partial charge in [0.2, 0.25) is 0 Å². The van der Waals surface area contributed by atoms with Crippen LogP contribution < -0.4 is 0 Å². The average molecular weight is 243 g/mol. The maximum atomic E-state index is 11.7. The number of carbonyl (C=O) groups excluding carboxylic acids is 1. The molecule has 16 heavy (non-hydrogen) atoms. The van der Waals surface area contributed by atoms with Gasteiger partial charge < -0.3 is 4.74 Å². The molecule has 0 radical (unpaired) electrons. The number of ether oxygens (including phenoxy) is 1. The number of sulfone groups is 1. The molecular weight excluding hydrogens is 230 g/mol. The number of nitrogens with zero attached hydrogens (tertiary/aromatic N) is 1. The summed E-state index contributed by atoms with van der Waals surface area (Å²) in [4.78, 5) is 14.8. The minimum absolute atomic E-state index is 0.0323. The molecule has 5 nitrogen and oxygen atoms in total. The molecule has 0 aliphatic rings. The first-order valence-corrected chi connectivity index (χ1v) is 6.22. The van der Waals surface area contributed by atoms with E-state index in [0.717, 1.165) is 0 Å². The van der Waals surface area contributed by atoms with Gasteiger partial charge in [-0.2, -0.15) is 0 Å². The van der Waals surface area contributed by atoms with E-state index in [1.54, 1.807) is 13.8 Å². The van der Waals surface area contributed by atoms with Gasteiger partial charge in [0.05, 0.1) is 17.9 Å². The smallest absolute Gasteiger partial charge is 0.339 e. The monoisotopic (exact) mass is 243 g/mol. The Hall–Kier alpha value is -1.43. The van der Waals surface area contributed by atoms with E-state index in [0.29, 0.717) is 0 Å². The minimum Gasteiger partial charge on any atom is -0.465 e. The molecule has 1 heterocycles. The summed E-state index contributed by atoms with van der Waals surface area (Å²) in [6, 6.07) is 2.69. The fraction of sp³-hybridized carbons (Fsp3) is 0.400. The van der Waals surface area contributed by atoms with Crippen molar-refractivity contribution >= 4 is 15.8 Å². The molecule has 1 aromatic heterocycles. The van der Waals surface area contributed by atoms with E-state index in [1.165, 1.54) is 25.4 Å². The van der Waals surface area contributed by atoms with Gasteiger partial charge in [0.25, 0.3) is 0 Å². The molecular formula is C10H13NO4S. The van der Waals surface area contributed by atoms with Gasteiger partial charge >= 0.3 is 5.97 Å². The number of hydrogen-bond acceptors (Lipinski definition) is 5. The van der Waals surface area contributed by atoms with E-state index in [4.69, 9.17) is 0 Å². The summed E-state index contributed by atoms with van der Waals surface area (Å²) in [5.41, 5.74) is 0.227. The largest absolute Gasteiger partial charge is 0.465 e. The zero-order chi connectivity index (χ0) is 12.3. The molecule has 0 amide bonds. The summed E-state index contributed by atoms with van der Waals surface area (Å²) >= 11 is 0. The van der Waals surface area contributed by atoms with Crippen molar-refractivity contribution in [3.05, 3.63) is 23.9 Å². The molecule has 0 aromatic carbocycles. The van der Waals surface area contributed by atoms with Crippen LogP contribution in [0.3, 0.4) is 0 Å². The third-order valence-electron chi connectivity index (χ3n) is 2.07. The maximum Gasteiger partial charge on any atom is 0.339 e. The Morgan fingerprint density at radius 1 is 1.38 bits per heavy atom. The Morgan fingerprint density at radius 3 is 2.38 bits per heavy atom. The lowest BCUT2D eigenvalue weighted by Crippen LogP contribution is -2.15. The number of carbonyl (C=O) groups is 1. The van der Waals surface area contributed by atoms with Gasteiger partial charge in [0, 0.05) is 6.20 Å². The van der Waals surface area contributed by atoms with Crippen LogP contribution in [0, 0.1) is 0 Å². The van der Waals surface area contributed by atoms with Gasteiger partial charge in [-0.25, -0.2) is 18.2 Å². The van der Waals surface area contributed by atoms with Crippen molar-refractivity contribution in [2.45, 2.75) is 24.1 Å². The van der Waals surface area contributed by atoms with Crippen LogP contribution in [0.5, 0.6) is 0 Å². The van der Waals surface area contributed by atoms with Crippen molar-refractivity contribution in [2.24, 2.45) is 0 Å². The molecule has 0 N–H and O–H groups in total. The SMILES string of the molecule is COC(=O)c1ccc(S(=O)(=O)C(C)C)nc1. The second-order valence-electron chi connectivity index (χ2n) is 3.47. The van der Waals surface area contributed by atoms with Crippen molar-refractivity contribution in [3.63, 3.8) is 0 Å². The number of rotatable bonds is 3. The summed E-state index contributed by atoms with van der Waals surface area (Å²) in [5.74, 6) is -0.541. The van der Waals surface area contributed by atoms with Gasteiger partial charge in [-0.05, 0) is 26.0 Å². The van der Waals surface area contributed by atoms with Gasteiger partial charge in [-0.1, -0.05) is 0 Å². The Balaban J connectivity index is 3.10. The van der Waals surface area contributed by atoms with Crippen LogP contribution in [0.2, 0.25) is 0 Å². The average Bonchev–Trinajstić information content (AvgIpc) is 2.28. The van der Waals surface area contributed by atoms with Crippen LogP contribution in [0.4, 0.5) is 0 Å². The number of pyridine rings is 1. The van der Waals surface area contributed by atoms with Crippen molar-refractivity contribution in [2.75, 3.05) is 7.11 Å². The van der Waals surface area contributed by atoms with Crippen LogP contribution in [0.1, 0.15) is 24.2 Å². The summed E-state index contributed by atoms with van der Waals surface area (Å²) in [5, 5.41) is -0.570. The highest BCUT2D eigenvalue weighted by Gasteiger charge is 2.20. The van der Waals surface area contributed by atoms with Crippen molar-refractivity contribution in [3.8, 4) is 0 Å². The molecule has 6 heteroatoms. The lowest BCUT2D eigenvalue weighted by molar-refractivity contribution is 0.0600. The molecule has 88 valence electrons.